The Bertz CT molecular complexity index is 396. The number of hydrogen-bond donors (Lipinski definition) is 1. The van der Waals surface area contributed by atoms with Crippen molar-refractivity contribution in [2.24, 2.45) is 5.92 Å². The van der Waals surface area contributed by atoms with E-state index in [4.69, 9.17) is 0 Å². The third kappa shape index (κ3) is 4.42. The van der Waals surface area contributed by atoms with Crippen LogP contribution in [0.25, 0.3) is 0 Å². The number of aryl methyl sites for hydroxylation is 1. The second-order valence-electron chi connectivity index (χ2n) is 6.43. The van der Waals surface area contributed by atoms with Gasteiger partial charge in [0.15, 0.2) is 0 Å². The largest absolute Gasteiger partial charge is 0.347 e. The van der Waals surface area contributed by atoms with E-state index in [-0.39, 0.29) is 5.54 Å². The first kappa shape index (κ1) is 14.7. The average molecular weight is 282 g/mol. The van der Waals surface area contributed by atoms with Gasteiger partial charge in [0.25, 0.3) is 0 Å². The van der Waals surface area contributed by atoms with E-state index in [0.29, 0.717) is 0 Å². The molecule has 19 heavy (non-hydrogen) atoms. The third-order valence-electron chi connectivity index (χ3n) is 3.48. The van der Waals surface area contributed by atoms with Gasteiger partial charge in [0.2, 0.25) is 5.13 Å². The number of nitrogens with zero attached hydrogens (tertiary/aromatic N) is 3. The van der Waals surface area contributed by atoms with Gasteiger partial charge in [0.1, 0.15) is 5.82 Å². The lowest BCUT2D eigenvalue weighted by atomic mass is 9.97. The Morgan fingerprint density at radius 2 is 2.21 bits per heavy atom. The summed E-state index contributed by atoms with van der Waals surface area (Å²) in [5.41, 5.74) is 0.209. The molecule has 2 rings (SSSR count). The van der Waals surface area contributed by atoms with E-state index in [0.717, 1.165) is 42.9 Å². The highest BCUT2D eigenvalue weighted by Gasteiger charge is 2.23. The van der Waals surface area contributed by atoms with E-state index in [2.05, 4.69) is 47.3 Å². The molecule has 1 aliphatic rings. The molecule has 1 saturated heterocycles. The van der Waals surface area contributed by atoms with Gasteiger partial charge < -0.3 is 10.2 Å². The van der Waals surface area contributed by atoms with E-state index in [1.54, 1.807) is 11.5 Å². The highest BCUT2D eigenvalue weighted by Crippen LogP contribution is 2.24. The molecule has 1 aromatic heterocycles. The van der Waals surface area contributed by atoms with Crippen LogP contribution in [0.5, 0.6) is 0 Å². The molecule has 1 atom stereocenters. The minimum Gasteiger partial charge on any atom is -0.347 e. The van der Waals surface area contributed by atoms with E-state index >= 15 is 0 Å². The molecule has 0 aromatic carbocycles. The minimum atomic E-state index is 0.209. The van der Waals surface area contributed by atoms with Gasteiger partial charge in [-0.05, 0) is 39.5 Å². The predicted molar refractivity (Wildman–Crippen MR) is 82.0 cm³/mol. The van der Waals surface area contributed by atoms with Crippen LogP contribution in [0.2, 0.25) is 0 Å². The third-order valence-corrected chi connectivity index (χ3v) is 4.30. The van der Waals surface area contributed by atoms with Crippen molar-refractivity contribution in [1.29, 1.82) is 0 Å². The van der Waals surface area contributed by atoms with Crippen molar-refractivity contribution in [1.82, 2.24) is 14.7 Å². The van der Waals surface area contributed by atoms with Crippen molar-refractivity contribution in [3.05, 3.63) is 5.82 Å². The van der Waals surface area contributed by atoms with Crippen LogP contribution in [0.3, 0.4) is 0 Å². The van der Waals surface area contributed by atoms with Crippen molar-refractivity contribution in [2.45, 2.75) is 52.5 Å². The van der Waals surface area contributed by atoms with Crippen LogP contribution >= 0.6 is 11.5 Å². The monoisotopic (exact) mass is 282 g/mol. The molecule has 1 aromatic rings. The second kappa shape index (κ2) is 6.18. The SMILES string of the molecule is CCc1nsc(N2CCCC(CNC(C)(C)C)C2)n1. The van der Waals surface area contributed by atoms with E-state index in [1.165, 1.54) is 12.8 Å². The molecule has 0 radical (unpaired) electrons. The van der Waals surface area contributed by atoms with E-state index in [1.807, 2.05) is 0 Å². The number of hydrogen-bond acceptors (Lipinski definition) is 5. The summed E-state index contributed by atoms with van der Waals surface area (Å²) in [5.74, 6) is 1.71. The minimum absolute atomic E-state index is 0.209. The lowest BCUT2D eigenvalue weighted by Gasteiger charge is -2.34. The van der Waals surface area contributed by atoms with Crippen LogP contribution in [0.1, 0.15) is 46.4 Å². The van der Waals surface area contributed by atoms with Gasteiger partial charge >= 0.3 is 0 Å². The smallest absolute Gasteiger partial charge is 0.205 e. The normalized spacial score (nSPS) is 20.8. The van der Waals surface area contributed by atoms with Gasteiger partial charge in [-0.2, -0.15) is 4.37 Å². The van der Waals surface area contributed by atoms with Gasteiger partial charge in [0, 0.05) is 43.1 Å². The summed E-state index contributed by atoms with van der Waals surface area (Å²) in [7, 11) is 0. The fourth-order valence-electron chi connectivity index (χ4n) is 2.37. The first-order valence-electron chi connectivity index (χ1n) is 7.30. The molecule has 0 amide bonds. The lowest BCUT2D eigenvalue weighted by Crippen LogP contribution is -2.44. The van der Waals surface area contributed by atoms with Crippen LogP contribution in [0.15, 0.2) is 0 Å². The van der Waals surface area contributed by atoms with Gasteiger partial charge in [-0.1, -0.05) is 6.92 Å². The van der Waals surface area contributed by atoms with Crippen molar-refractivity contribution >= 4 is 16.7 Å². The van der Waals surface area contributed by atoms with Gasteiger partial charge in [-0.15, -0.1) is 0 Å². The maximum atomic E-state index is 4.61. The molecule has 2 heterocycles. The van der Waals surface area contributed by atoms with Crippen molar-refractivity contribution in [2.75, 3.05) is 24.5 Å². The summed E-state index contributed by atoms with van der Waals surface area (Å²) in [5, 5.41) is 4.73. The molecular weight excluding hydrogens is 256 g/mol. The van der Waals surface area contributed by atoms with Crippen LogP contribution in [0, 0.1) is 5.92 Å². The first-order valence-corrected chi connectivity index (χ1v) is 8.08. The molecule has 0 spiro atoms. The highest BCUT2D eigenvalue weighted by molar-refractivity contribution is 7.09. The Morgan fingerprint density at radius 1 is 1.42 bits per heavy atom. The molecule has 4 nitrogen and oxygen atoms in total. The van der Waals surface area contributed by atoms with Gasteiger partial charge in [-0.25, -0.2) is 4.98 Å². The summed E-state index contributed by atoms with van der Waals surface area (Å²) in [6.45, 7) is 12.1. The summed E-state index contributed by atoms with van der Waals surface area (Å²) < 4.78 is 4.39. The Hall–Kier alpha value is -0.680. The van der Waals surface area contributed by atoms with Crippen molar-refractivity contribution < 1.29 is 0 Å². The average Bonchev–Trinajstić information content (AvgIpc) is 2.85. The van der Waals surface area contributed by atoms with Gasteiger partial charge in [-0.3, -0.25) is 0 Å². The molecule has 108 valence electrons. The number of nitrogens with one attached hydrogen (secondary N) is 1. The molecule has 5 heteroatoms. The Kier molecular flexibility index (Phi) is 4.79. The predicted octanol–water partition coefficient (Wildman–Crippen LogP) is 2.71. The molecule has 1 unspecified atom stereocenters. The quantitative estimate of drug-likeness (QED) is 0.922. The number of anilines is 1. The highest BCUT2D eigenvalue weighted by atomic mass is 32.1. The molecule has 0 aliphatic carbocycles. The topological polar surface area (TPSA) is 41.1 Å². The maximum Gasteiger partial charge on any atom is 0.205 e. The fraction of sp³-hybridized carbons (Fsp3) is 0.857. The maximum absolute atomic E-state index is 4.61. The zero-order chi connectivity index (χ0) is 13.9. The van der Waals surface area contributed by atoms with Crippen molar-refractivity contribution in [3.8, 4) is 0 Å². The van der Waals surface area contributed by atoms with Crippen LogP contribution < -0.4 is 10.2 Å². The summed E-state index contributed by atoms with van der Waals surface area (Å²) >= 11 is 1.55. The fourth-order valence-corrected chi connectivity index (χ4v) is 3.16. The molecule has 1 aliphatic heterocycles. The Labute approximate surface area is 120 Å². The zero-order valence-electron chi connectivity index (χ0n) is 12.6. The summed E-state index contributed by atoms with van der Waals surface area (Å²) in [6.07, 6.45) is 3.51. The molecule has 1 fully saturated rings. The molecular formula is C14H26N4S. The summed E-state index contributed by atoms with van der Waals surface area (Å²) in [4.78, 5) is 7.02. The molecule has 0 bridgehead atoms. The second-order valence-corrected chi connectivity index (χ2v) is 7.16. The Morgan fingerprint density at radius 3 is 2.84 bits per heavy atom. The van der Waals surface area contributed by atoms with E-state index < -0.39 is 0 Å². The standard InChI is InChI=1S/C14H26N4S/c1-5-12-16-13(19-17-12)18-8-6-7-11(10-18)9-15-14(2,3)4/h11,15H,5-10H2,1-4H3. The lowest BCUT2D eigenvalue weighted by molar-refractivity contribution is 0.335. The van der Waals surface area contributed by atoms with E-state index in [9.17, 15) is 0 Å². The molecule has 0 saturated carbocycles. The van der Waals surface area contributed by atoms with Gasteiger partial charge in [0.05, 0.1) is 0 Å². The van der Waals surface area contributed by atoms with Crippen LogP contribution in [-0.4, -0.2) is 34.5 Å². The Balaban J connectivity index is 1.89. The van der Waals surface area contributed by atoms with Crippen LogP contribution in [0.4, 0.5) is 5.13 Å². The summed E-state index contributed by atoms with van der Waals surface area (Å²) in [6, 6.07) is 0. The van der Waals surface area contributed by atoms with Crippen LogP contribution in [-0.2, 0) is 6.42 Å². The first-order chi connectivity index (χ1) is 8.98. The zero-order valence-corrected chi connectivity index (χ0v) is 13.4. The number of aromatic nitrogens is 2. The van der Waals surface area contributed by atoms with Crippen molar-refractivity contribution in [3.63, 3.8) is 0 Å². The number of piperidine rings is 1. The molecule has 1 N–H and O–H groups in total. The number of rotatable bonds is 4.